The van der Waals surface area contributed by atoms with Crippen molar-refractivity contribution in [2.24, 2.45) is 7.05 Å². The van der Waals surface area contributed by atoms with E-state index in [0.717, 1.165) is 11.1 Å². The van der Waals surface area contributed by atoms with Gasteiger partial charge in [-0.3, -0.25) is 9.52 Å². The molecular formula is C25H24N4O3S. The molecule has 3 aromatic carbocycles. The highest BCUT2D eigenvalue weighted by Crippen LogP contribution is 2.22. The minimum Gasteiger partial charge on any atom is -0.338 e. The molecule has 2 N–H and O–H groups in total. The van der Waals surface area contributed by atoms with Crippen molar-refractivity contribution < 1.29 is 13.2 Å². The molecular weight excluding hydrogens is 436 g/mol. The van der Waals surface area contributed by atoms with Gasteiger partial charge in [0.05, 0.1) is 4.90 Å². The standard InChI is InChI=1S/C25H24N4O3S/c1-18-11-13-21(14-12-18)28-33(31,32)22-10-6-9-20(17-22)25(30)27-23(19-7-4-3-5-8-19)24-26-15-16-29(24)2/h3-17,23,28H,1-2H3,(H,27,30). The third-order valence-electron chi connectivity index (χ3n) is 5.24. The maximum absolute atomic E-state index is 13.1. The number of sulfonamides is 1. The number of rotatable bonds is 7. The normalized spacial score (nSPS) is 12.2. The third kappa shape index (κ3) is 5.12. The minimum atomic E-state index is -3.86. The minimum absolute atomic E-state index is 0.00368. The van der Waals surface area contributed by atoms with Crippen LogP contribution in [0.5, 0.6) is 0 Å². The number of benzene rings is 3. The quantitative estimate of drug-likeness (QED) is 0.435. The molecule has 8 heteroatoms. The van der Waals surface area contributed by atoms with Crippen molar-refractivity contribution >= 4 is 21.6 Å². The number of nitrogens with zero attached hydrogens (tertiary/aromatic N) is 2. The highest BCUT2D eigenvalue weighted by atomic mass is 32.2. The van der Waals surface area contributed by atoms with Gasteiger partial charge in [0.2, 0.25) is 0 Å². The molecule has 0 saturated carbocycles. The van der Waals surface area contributed by atoms with E-state index in [9.17, 15) is 13.2 Å². The number of hydrogen-bond acceptors (Lipinski definition) is 4. The number of nitrogens with one attached hydrogen (secondary N) is 2. The van der Waals surface area contributed by atoms with E-state index in [1.807, 2.05) is 61.0 Å². The largest absolute Gasteiger partial charge is 0.338 e. The monoisotopic (exact) mass is 460 g/mol. The summed E-state index contributed by atoms with van der Waals surface area (Å²) >= 11 is 0. The zero-order valence-corrected chi connectivity index (χ0v) is 19.1. The Morgan fingerprint density at radius 3 is 2.36 bits per heavy atom. The SMILES string of the molecule is Cc1ccc(NS(=O)(=O)c2cccc(C(=O)NC(c3ccccc3)c3nccn3C)c2)cc1. The Kier molecular flexibility index (Phi) is 6.28. The van der Waals surface area contributed by atoms with Gasteiger partial charge in [-0.1, -0.05) is 54.1 Å². The fraction of sp³-hybridized carbons (Fsp3) is 0.120. The van der Waals surface area contributed by atoms with Crippen LogP contribution in [0.3, 0.4) is 0 Å². The average Bonchev–Trinajstić information content (AvgIpc) is 3.25. The first-order valence-electron chi connectivity index (χ1n) is 10.4. The first kappa shape index (κ1) is 22.3. The fourth-order valence-electron chi connectivity index (χ4n) is 3.45. The lowest BCUT2D eigenvalue weighted by atomic mass is 10.1. The number of hydrogen-bond donors (Lipinski definition) is 2. The lowest BCUT2D eigenvalue weighted by molar-refractivity contribution is 0.0941. The van der Waals surface area contributed by atoms with Gasteiger partial charge >= 0.3 is 0 Å². The Bertz CT molecular complexity index is 1360. The Balaban J connectivity index is 1.60. The topological polar surface area (TPSA) is 93.1 Å². The molecule has 4 rings (SSSR count). The van der Waals surface area contributed by atoms with Gasteiger partial charge in [0.25, 0.3) is 15.9 Å². The first-order valence-corrected chi connectivity index (χ1v) is 11.8. The zero-order chi connectivity index (χ0) is 23.4. The van der Waals surface area contributed by atoms with E-state index in [1.165, 1.54) is 12.1 Å². The van der Waals surface area contributed by atoms with Crippen LogP contribution >= 0.6 is 0 Å². The van der Waals surface area contributed by atoms with Crippen LogP contribution in [0.2, 0.25) is 0 Å². The number of anilines is 1. The van der Waals surface area contributed by atoms with E-state index >= 15 is 0 Å². The van der Waals surface area contributed by atoms with Crippen LogP contribution in [0, 0.1) is 6.92 Å². The number of aromatic nitrogens is 2. The van der Waals surface area contributed by atoms with Crippen LogP contribution in [-0.2, 0) is 17.1 Å². The summed E-state index contributed by atoms with van der Waals surface area (Å²) in [7, 11) is -2.00. The first-order chi connectivity index (χ1) is 15.8. The van der Waals surface area contributed by atoms with Crippen molar-refractivity contribution in [2.45, 2.75) is 17.9 Å². The summed E-state index contributed by atoms with van der Waals surface area (Å²) in [6.45, 7) is 1.92. The molecule has 0 bridgehead atoms. The van der Waals surface area contributed by atoms with E-state index in [0.29, 0.717) is 11.5 Å². The molecule has 1 unspecified atom stereocenters. The lowest BCUT2D eigenvalue weighted by Crippen LogP contribution is -2.31. The van der Waals surface area contributed by atoms with Crippen LogP contribution in [0.25, 0.3) is 0 Å². The Morgan fingerprint density at radius 1 is 0.970 bits per heavy atom. The predicted octanol–water partition coefficient (Wildman–Crippen LogP) is 4.05. The molecule has 1 heterocycles. The fourth-order valence-corrected chi connectivity index (χ4v) is 4.56. The molecule has 1 amide bonds. The van der Waals surface area contributed by atoms with E-state index < -0.39 is 22.0 Å². The number of aryl methyl sites for hydroxylation is 2. The lowest BCUT2D eigenvalue weighted by Gasteiger charge is -2.19. The molecule has 4 aromatic rings. The maximum atomic E-state index is 13.1. The average molecular weight is 461 g/mol. The summed E-state index contributed by atoms with van der Waals surface area (Å²) in [5, 5.41) is 2.99. The van der Waals surface area contributed by atoms with Gasteiger partial charge in [0, 0.05) is 30.7 Å². The van der Waals surface area contributed by atoms with Crippen LogP contribution < -0.4 is 10.0 Å². The van der Waals surface area contributed by atoms with E-state index in [1.54, 1.807) is 36.7 Å². The molecule has 0 fully saturated rings. The molecule has 1 aromatic heterocycles. The second-order valence-electron chi connectivity index (χ2n) is 7.71. The smallest absolute Gasteiger partial charge is 0.261 e. The second-order valence-corrected chi connectivity index (χ2v) is 9.40. The highest BCUT2D eigenvalue weighted by Gasteiger charge is 2.22. The molecule has 0 aliphatic rings. The van der Waals surface area contributed by atoms with Crippen LogP contribution in [0.15, 0.2) is 96.2 Å². The molecule has 33 heavy (non-hydrogen) atoms. The third-order valence-corrected chi connectivity index (χ3v) is 6.61. The van der Waals surface area contributed by atoms with Crippen molar-refractivity contribution in [1.29, 1.82) is 0 Å². The molecule has 168 valence electrons. The zero-order valence-electron chi connectivity index (χ0n) is 18.3. The summed E-state index contributed by atoms with van der Waals surface area (Å²) in [6, 6.07) is 22.0. The number of amides is 1. The number of imidazole rings is 1. The summed E-state index contributed by atoms with van der Waals surface area (Å²) < 4.78 is 30.1. The van der Waals surface area contributed by atoms with Crippen molar-refractivity contribution in [2.75, 3.05) is 4.72 Å². The summed E-state index contributed by atoms with van der Waals surface area (Å²) in [5.74, 6) is 0.263. The molecule has 0 saturated heterocycles. The van der Waals surface area contributed by atoms with Crippen LogP contribution in [0.4, 0.5) is 5.69 Å². The van der Waals surface area contributed by atoms with E-state index in [2.05, 4.69) is 15.0 Å². The van der Waals surface area contributed by atoms with Crippen LogP contribution in [-0.4, -0.2) is 23.9 Å². The molecule has 0 aliphatic carbocycles. The molecule has 7 nitrogen and oxygen atoms in total. The van der Waals surface area contributed by atoms with Crippen molar-refractivity contribution in [3.05, 3.63) is 114 Å². The molecule has 1 atom stereocenters. The second kappa shape index (κ2) is 9.30. The summed E-state index contributed by atoms with van der Waals surface area (Å²) in [4.78, 5) is 17.5. The van der Waals surface area contributed by atoms with Gasteiger partial charge in [0.15, 0.2) is 0 Å². The highest BCUT2D eigenvalue weighted by molar-refractivity contribution is 7.92. The van der Waals surface area contributed by atoms with Crippen molar-refractivity contribution in [3.63, 3.8) is 0 Å². The van der Waals surface area contributed by atoms with Crippen LogP contribution in [0.1, 0.15) is 33.4 Å². The number of carbonyl (C=O) groups is 1. The molecule has 0 radical (unpaired) electrons. The van der Waals surface area contributed by atoms with Gasteiger partial charge in [0.1, 0.15) is 11.9 Å². The predicted molar refractivity (Wildman–Crippen MR) is 127 cm³/mol. The van der Waals surface area contributed by atoms with Crippen molar-refractivity contribution in [1.82, 2.24) is 14.9 Å². The van der Waals surface area contributed by atoms with Gasteiger partial charge in [-0.15, -0.1) is 0 Å². The van der Waals surface area contributed by atoms with Gasteiger partial charge in [-0.05, 0) is 42.8 Å². The summed E-state index contributed by atoms with van der Waals surface area (Å²) in [5.41, 5.74) is 2.58. The van der Waals surface area contributed by atoms with E-state index in [-0.39, 0.29) is 10.5 Å². The summed E-state index contributed by atoms with van der Waals surface area (Å²) in [6.07, 6.45) is 3.47. The van der Waals surface area contributed by atoms with Gasteiger partial charge in [-0.25, -0.2) is 13.4 Å². The Labute approximate surface area is 193 Å². The molecule has 0 aliphatic heterocycles. The Morgan fingerprint density at radius 2 is 1.70 bits per heavy atom. The van der Waals surface area contributed by atoms with Gasteiger partial charge in [-0.2, -0.15) is 0 Å². The maximum Gasteiger partial charge on any atom is 0.261 e. The van der Waals surface area contributed by atoms with Gasteiger partial charge < -0.3 is 9.88 Å². The van der Waals surface area contributed by atoms with Crippen molar-refractivity contribution in [3.8, 4) is 0 Å². The molecule has 0 spiro atoms. The van der Waals surface area contributed by atoms with E-state index in [4.69, 9.17) is 0 Å². The Hall–Kier alpha value is -3.91. The number of carbonyl (C=O) groups excluding carboxylic acids is 1.